The minimum Gasteiger partial charge on any atom is -0.481 e. The molecule has 1 aromatic rings. The molecule has 8 heteroatoms. The summed E-state index contributed by atoms with van der Waals surface area (Å²) in [5.41, 5.74) is 7.32. The van der Waals surface area contributed by atoms with Crippen molar-refractivity contribution in [3.05, 3.63) is 28.2 Å². The van der Waals surface area contributed by atoms with Gasteiger partial charge in [0, 0.05) is 12.1 Å². The molecule has 6 rings (SSSR count). The van der Waals surface area contributed by atoms with Crippen LogP contribution < -0.4 is 16.4 Å². The topological polar surface area (TPSA) is 99.7 Å². The van der Waals surface area contributed by atoms with Gasteiger partial charge in [-0.15, -0.1) is 0 Å². The number of carboxylic acid groups (broad SMARTS) is 1. The van der Waals surface area contributed by atoms with Gasteiger partial charge in [0.1, 0.15) is 0 Å². The van der Waals surface area contributed by atoms with Gasteiger partial charge in [-0.05, 0) is 81.3 Å². The summed E-state index contributed by atoms with van der Waals surface area (Å²) in [6, 6.07) is 5.37. The Morgan fingerprint density at radius 2 is 1.63 bits per heavy atom. The molecule has 1 aromatic carbocycles. The van der Waals surface area contributed by atoms with Crippen molar-refractivity contribution in [2.45, 2.75) is 83.6 Å². The van der Waals surface area contributed by atoms with Crippen LogP contribution in [0.15, 0.2) is 23.2 Å². The van der Waals surface area contributed by atoms with E-state index >= 15 is 0 Å². The Morgan fingerprint density at radius 1 is 1.11 bits per heavy atom. The van der Waals surface area contributed by atoms with Gasteiger partial charge in [-0.25, -0.2) is 0 Å². The van der Waals surface area contributed by atoms with Crippen LogP contribution in [0.3, 0.4) is 0 Å². The highest BCUT2D eigenvalue weighted by atomic mass is 35.5. The van der Waals surface area contributed by atoms with E-state index in [-0.39, 0.29) is 5.92 Å². The molecule has 5 aliphatic rings. The molecule has 4 saturated carbocycles. The molecular weight excluding hydrogens is 483 g/mol. The van der Waals surface area contributed by atoms with Crippen molar-refractivity contribution in [1.29, 1.82) is 0 Å². The molecule has 1 aliphatic heterocycles. The minimum atomic E-state index is -0.635. The molecular formula is C27H42Cl2N4O2. The van der Waals surface area contributed by atoms with Gasteiger partial charge >= 0.3 is 5.97 Å². The fourth-order valence-corrected chi connectivity index (χ4v) is 6.98. The Labute approximate surface area is 220 Å². The number of hydrogen-bond acceptors (Lipinski definition) is 5. The van der Waals surface area contributed by atoms with Gasteiger partial charge in [-0.1, -0.05) is 56.0 Å². The van der Waals surface area contributed by atoms with E-state index in [4.69, 9.17) is 34.0 Å². The average molecular weight is 526 g/mol. The first-order valence-electron chi connectivity index (χ1n) is 13.2. The van der Waals surface area contributed by atoms with Crippen molar-refractivity contribution in [3.63, 3.8) is 0 Å². The van der Waals surface area contributed by atoms with Crippen LogP contribution in [0.1, 0.15) is 78.1 Å². The fraction of sp³-hybridized carbons (Fsp3) is 0.704. The highest BCUT2D eigenvalue weighted by Gasteiger charge is 2.48. The Balaban J connectivity index is 0.000000149. The van der Waals surface area contributed by atoms with Crippen LogP contribution in [0.25, 0.3) is 0 Å². The van der Waals surface area contributed by atoms with Crippen LogP contribution in [-0.2, 0) is 4.79 Å². The number of hydrogen-bond donors (Lipinski definition) is 4. The molecule has 4 fully saturated rings. The Bertz CT molecular complexity index is 815. The SMILES string of the molecule is CCCC(CCC)C(=O)O.Clc1cccc(Cl)c1NC1=NCCN1.NC12CC3CC(CC(C3)C1)C2. The van der Waals surface area contributed by atoms with E-state index in [9.17, 15) is 4.79 Å². The van der Waals surface area contributed by atoms with E-state index in [0.717, 1.165) is 62.5 Å². The summed E-state index contributed by atoms with van der Waals surface area (Å²) in [5.74, 6) is 3.04. The molecule has 0 atom stereocenters. The van der Waals surface area contributed by atoms with E-state index in [1.807, 2.05) is 13.8 Å². The van der Waals surface area contributed by atoms with Gasteiger partial charge in [-0.3, -0.25) is 9.79 Å². The third-order valence-electron chi connectivity index (χ3n) is 7.59. The summed E-state index contributed by atoms with van der Waals surface area (Å²) in [5, 5.41) is 16.0. The van der Waals surface area contributed by atoms with Gasteiger partial charge < -0.3 is 21.5 Å². The number of aliphatic carboxylic acids is 1. The standard InChI is InChI=1S/C10H17N.C9H9Cl2N3.C8H16O2/c11-10-4-7-1-8(5-10)3-9(2-7)6-10;10-6-2-1-3-7(11)8(6)14-9-12-4-5-13-9;1-3-5-7(6-4-2)8(9)10/h7-9H,1-6,11H2;1-3H,4-5H2,(H2,12,13,14);7H,3-6H2,1-2H3,(H,9,10). The maximum absolute atomic E-state index is 10.5. The number of halogens is 2. The number of nitrogens with two attached hydrogens (primary N) is 1. The number of para-hydroxylation sites is 1. The van der Waals surface area contributed by atoms with Crippen LogP contribution in [0.5, 0.6) is 0 Å². The minimum absolute atomic E-state index is 0.102. The quantitative estimate of drug-likeness (QED) is 0.337. The molecule has 196 valence electrons. The molecule has 5 N–H and O–H groups in total. The molecule has 0 unspecified atom stereocenters. The van der Waals surface area contributed by atoms with Gasteiger partial charge in [0.15, 0.2) is 5.96 Å². The van der Waals surface area contributed by atoms with Crippen molar-refractivity contribution < 1.29 is 9.90 Å². The lowest BCUT2D eigenvalue weighted by Gasteiger charge is -2.55. The van der Waals surface area contributed by atoms with Crippen LogP contribution >= 0.6 is 23.2 Å². The maximum Gasteiger partial charge on any atom is 0.306 e. The molecule has 6 nitrogen and oxygen atoms in total. The number of aliphatic imine (C=N–C) groups is 1. The summed E-state index contributed by atoms with van der Waals surface area (Å²) in [6.45, 7) is 5.67. The van der Waals surface area contributed by atoms with E-state index in [1.165, 1.54) is 38.5 Å². The Kier molecular flexibility index (Phi) is 10.6. The van der Waals surface area contributed by atoms with E-state index < -0.39 is 5.97 Å². The largest absolute Gasteiger partial charge is 0.481 e. The van der Waals surface area contributed by atoms with E-state index in [0.29, 0.717) is 21.3 Å². The van der Waals surface area contributed by atoms with Gasteiger partial charge in [0.25, 0.3) is 0 Å². The first kappa shape index (κ1) is 28.1. The lowest BCUT2D eigenvalue weighted by molar-refractivity contribution is -0.142. The molecule has 4 aliphatic carbocycles. The first-order valence-corrected chi connectivity index (χ1v) is 14.0. The van der Waals surface area contributed by atoms with E-state index in [2.05, 4.69) is 15.6 Å². The number of nitrogens with one attached hydrogen (secondary N) is 2. The van der Waals surface area contributed by atoms with Crippen molar-refractivity contribution in [1.82, 2.24) is 5.32 Å². The molecule has 0 spiro atoms. The zero-order valence-electron chi connectivity index (χ0n) is 21.2. The van der Waals surface area contributed by atoms with E-state index in [1.54, 1.807) is 18.2 Å². The second-order valence-corrected chi connectivity index (χ2v) is 11.6. The molecule has 0 aromatic heterocycles. The van der Waals surface area contributed by atoms with Gasteiger partial charge in [0.05, 0.1) is 28.2 Å². The maximum atomic E-state index is 10.5. The van der Waals surface area contributed by atoms with Gasteiger partial charge in [0.2, 0.25) is 0 Å². The summed E-state index contributed by atoms with van der Waals surface area (Å²) in [7, 11) is 0. The third-order valence-corrected chi connectivity index (χ3v) is 8.22. The number of carboxylic acids is 1. The summed E-state index contributed by atoms with van der Waals surface area (Å²) in [4.78, 5) is 14.7. The second-order valence-electron chi connectivity index (χ2n) is 10.8. The highest BCUT2D eigenvalue weighted by Crippen LogP contribution is 2.54. The zero-order valence-corrected chi connectivity index (χ0v) is 22.7. The monoisotopic (exact) mass is 524 g/mol. The predicted octanol–water partition coefficient (Wildman–Crippen LogP) is 6.57. The Hall–Kier alpha value is -1.50. The van der Waals surface area contributed by atoms with Crippen molar-refractivity contribution in [2.24, 2.45) is 34.4 Å². The first-order chi connectivity index (χ1) is 16.7. The third kappa shape index (κ3) is 8.26. The zero-order chi connectivity index (χ0) is 25.4. The predicted molar refractivity (Wildman–Crippen MR) is 146 cm³/mol. The summed E-state index contributed by atoms with van der Waals surface area (Å²) in [6.07, 6.45) is 12.2. The average Bonchev–Trinajstić information content (AvgIpc) is 3.29. The molecule has 1 heterocycles. The molecule has 0 amide bonds. The molecule has 0 saturated heterocycles. The van der Waals surface area contributed by atoms with Crippen molar-refractivity contribution in [2.75, 3.05) is 18.4 Å². The number of rotatable bonds is 6. The number of carbonyl (C=O) groups is 1. The van der Waals surface area contributed by atoms with Crippen molar-refractivity contribution >= 4 is 40.8 Å². The van der Waals surface area contributed by atoms with Crippen LogP contribution in [0.2, 0.25) is 10.0 Å². The van der Waals surface area contributed by atoms with Crippen LogP contribution in [0, 0.1) is 23.7 Å². The number of guanidine groups is 1. The van der Waals surface area contributed by atoms with Crippen LogP contribution in [0.4, 0.5) is 5.69 Å². The second kappa shape index (κ2) is 13.2. The molecule has 35 heavy (non-hydrogen) atoms. The smallest absolute Gasteiger partial charge is 0.306 e. The normalized spacial score (nSPS) is 27.8. The number of anilines is 1. The number of benzene rings is 1. The summed E-state index contributed by atoms with van der Waals surface area (Å²) < 4.78 is 0. The highest BCUT2D eigenvalue weighted by molar-refractivity contribution is 6.39. The van der Waals surface area contributed by atoms with Crippen LogP contribution in [-0.4, -0.2) is 35.7 Å². The molecule has 0 radical (unpaired) electrons. The summed E-state index contributed by atoms with van der Waals surface area (Å²) >= 11 is 12.0. The lowest BCUT2D eigenvalue weighted by Crippen LogP contribution is -2.55. The Morgan fingerprint density at radius 3 is 2.00 bits per heavy atom. The fourth-order valence-electron chi connectivity index (χ4n) is 6.48. The van der Waals surface area contributed by atoms with Gasteiger partial charge in [-0.2, -0.15) is 0 Å². The number of nitrogens with zero attached hydrogens (tertiary/aromatic N) is 1. The molecule has 4 bridgehead atoms. The van der Waals surface area contributed by atoms with Crippen molar-refractivity contribution in [3.8, 4) is 0 Å². The lowest BCUT2D eigenvalue weighted by atomic mass is 9.53.